The van der Waals surface area contributed by atoms with Crippen molar-refractivity contribution < 1.29 is 0 Å². The molecule has 0 bridgehead atoms. The maximum atomic E-state index is 2.49. The summed E-state index contributed by atoms with van der Waals surface area (Å²) in [7, 11) is 0. The van der Waals surface area contributed by atoms with Crippen LogP contribution in [0.1, 0.15) is 79.0 Å². The summed E-state index contributed by atoms with van der Waals surface area (Å²) in [6, 6.07) is 70.8. The Balaban J connectivity index is 1.09. The molecule has 1 aromatic heterocycles. The maximum Gasteiger partial charge on any atom is 0.0541 e. The Hall–Kier alpha value is -7.16. The van der Waals surface area contributed by atoms with Gasteiger partial charge in [-0.2, -0.15) is 0 Å². The van der Waals surface area contributed by atoms with Gasteiger partial charge in [0.1, 0.15) is 0 Å². The third-order valence-corrected chi connectivity index (χ3v) is 14.0. The van der Waals surface area contributed by atoms with E-state index in [1.807, 2.05) is 0 Å². The van der Waals surface area contributed by atoms with Crippen LogP contribution in [0.4, 0.5) is 17.1 Å². The molecule has 0 radical (unpaired) electrons. The van der Waals surface area contributed by atoms with Gasteiger partial charge < -0.3 is 9.47 Å². The topological polar surface area (TPSA) is 8.17 Å². The standard InChI is InChI=1S/C64H58N2/c1-62(2,3)47-35-45(36-48(39-47)63(4,5)6)41-23-25-42(26-24-41)46-37-49(64(7,8)9)40-51(38-46)65(50-17-11-10-12-18-50)58-33-29-43-28-32-55-59(34-30-44-27-31-54(58)60(43)61(44)55)66-56-21-15-13-19-52(56)53-20-14-16-22-57(53)66/h10-40H,1-9H3. The molecular weight excluding hydrogens is 797 g/mol. The van der Waals surface area contributed by atoms with E-state index in [4.69, 9.17) is 0 Å². The van der Waals surface area contributed by atoms with Crippen LogP contribution in [0.25, 0.3) is 82.1 Å². The highest BCUT2D eigenvalue weighted by Crippen LogP contribution is 2.47. The van der Waals surface area contributed by atoms with Crippen LogP contribution < -0.4 is 4.90 Å². The lowest BCUT2D eigenvalue weighted by Crippen LogP contribution is -2.16. The lowest BCUT2D eigenvalue weighted by Gasteiger charge is -2.30. The van der Waals surface area contributed by atoms with Crippen LogP contribution >= 0.6 is 0 Å². The monoisotopic (exact) mass is 854 g/mol. The van der Waals surface area contributed by atoms with E-state index in [0.29, 0.717) is 0 Å². The number of hydrogen-bond donors (Lipinski definition) is 0. The van der Waals surface area contributed by atoms with Crippen LogP contribution in [-0.4, -0.2) is 4.57 Å². The lowest BCUT2D eigenvalue weighted by molar-refractivity contribution is 0.569. The Labute approximate surface area is 390 Å². The smallest absolute Gasteiger partial charge is 0.0541 e. The van der Waals surface area contributed by atoms with E-state index in [1.54, 1.807) is 0 Å². The van der Waals surface area contributed by atoms with Crippen molar-refractivity contribution in [1.82, 2.24) is 4.57 Å². The summed E-state index contributed by atoms with van der Waals surface area (Å²) in [6.07, 6.45) is 0. The zero-order valence-electron chi connectivity index (χ0n) is 39.8. The Bertz CT molecular complexity index is 3540. The van der Waals surface area contributed by atoms with Gasteiger partial charge in [-0.05, 0) is 125 Å². The number of aromatic nitrogens is 1. The van der Waals surface area contributed by atoms with E-state index in [0.717, 1.165) is 17.1 Å². The molecule has 324 valence electrons. The molecular formula is C64H58N2. The van der Waals surface area contributed by atoms with Crippen molar-refractivity contribution in [1.29, 1.82) is 0 Å². The Morgan fingerprint density at radius 1 is 0.333 bits per heavy atom. The maximum absolute atomic E-state index is 2.49. The molecule has 0 saturated carbocycles. The van der Waals surface area contributed by atoms with Gasteiger partial charge in [0.15, 0.2) is 0 Å². The van der Waals surface area contributed by atoms with Crippen LogP contribution in [0.2, 0.25) is 0 Å². The van der Waals surface area contributed by atoms with Gasteiger partial charge in [-0.3, -0.25) is 0 Å². The summed E-state index contributed by atoms with van der Waals surface area (Å²) in [6.45, 7) is 20.8. The Morgan fingerprint density at radius 3 is 1.35 bits per heavy atom. The zero-order chi connectivity index (χ0) is 45.7. The van der Waals surface area contributed by atoms with Gasteiger partial charge in [-0.25, -0.2) is 0 Å². The van der Waals surface area contributed by atoms with E-state index in [1.165, 1.54) is 98.8 Å². The van der Waals surface area contributed by atoms with Crippen LogP contribution in [0.5, 0.6) is 0 Å². The van der Waals surface area contributed by atoms with Gasteiger partial charge in [-0.15, -0.1) is 0 Å². The Kier molecular flexibility index (Phi) is 9.57. The molecule has 0 amide bonds. The fourth-order valence-electron chi connectivity index (χ4n) is 10.2. The highest BCUT2D eigenvalue weighted by atomic mass is 15.1. The molecule has 10 aromatic carbocycles. The predicted octanol–water partition coefficient (Wildman–Crippen LogP) is 18.4. The first kappa shape index (κ1) is 41.5. The predicted molar refractivity (Wildman–Crippen MR) is 286 cm³/mol. The number of para-hydroxylation sites is 3. The van der Waals surface area contributed by atoms with E-state index < -0.39 is 0 Å². The normalized spacial score (nSPS) is 12.6. The summed E-state index contributed by atoms with van der Waals surface area (Å²) in [4.78, 5) is 2.49. The number of rotatable bonds is 6. The van der Waals surface area contributed by atoms with E-state index in [9.17, 15) is 0 Å². The molecule has 0 unspecified atom stereocenters. The van der Waals surface area contributed by atoms with Crippen LogP contribution in [0, 0.1) is 0 Å². The first-order valence-electron chi connectivity index (χ1n) is 23.6. The third kappa shape index (κ3) is 7.02. The molecule has 11 rings (SSSR count). The molecule has 0 saturated heterocycles. The number of nitrogens with zero attached hydrogens (tertiary/aromatic N) is 2. The van der Waals surface area contributed by atoms with Crippen molar-refractivity contribution in [3.63, 3.8) is 0 Å². The molecule has 11 aromatic rings. The van der Waals surface area contributed by atoms with Gasteiger partial charge in [0, 0.05) is 32.9 Å². The fraction of sp³-hybridized carbons (Fsp3) is 0.188. The van der Waals surface area contributed by atoms with Crippen LogP contribution in [0.3, 0.4) is 0 Å². The second kappa shape index (κ2) is 15.2. The minimum absolute atomic E-state index is 0.0511. The molecule has 2 heteroatoms. The molecule has 0 aliphatic heterocycles. The minimum atomic E-state index is -0.0876. The number of hydrogen-bond acceptors (Lipinski definition) is 1. The van der Waals surface area contributed by atoms with Gasteiger partial charge >= 0.3 is 0 Å². The van der Waals surface area contributed by atoms with Crippen molar-refractivity contribution in [2.24, 2.45) is 0 Å². The van der Waals surface area contributed by atoms with E-state index in [2.05, 4.69) is 260 Å². The molecule has 0 fully saturated rings. The number of anilines is 3. The molecule has 0 atom stereocenters. The molecule has 0 aliphatic carbocycles. The summed E-state index contributed by atoms with van der Waals surface area (Å²) in [5, 5.41) is 10.1. The third-order valence-electron chi connectivity index (χ3n) is 14.0. The summed E-state index contributed by atoms with van der Waals surface area (Å²) in [5.74, 6) is 0. The quantitative estimate of drug-likeness (QED) is 0.151. The minimum Gasteiger partial charge on any atom is -0.310 e. The number of benzene rings is 10. The largest absolute Gasteiger partial charge is 0.310 e. The van der Waals surface area contributed by atoms with Crippen LogP contribution in [-0.2, 0) is 16.2 Å². The van der Waals surface area contributed by atoms with Gasteiger partial charge in [0.2, 0.25) is 0 Å². The molecule has 2 nitrogen and oxygen atoms in total. The van der Waals surface area contributed by atoms with Crippen molar-refractivity contribution >= 4 is 71.2 Å². The van der Waals surface area contributed by atoms with Crippen molar-refractivity contribution in [2.45, 2.75) is 78.6 Å². The first-order chi connectivity index (χ1) is 31.6. The average molecular weight is 855 g/mol. The number of fused-ring (bicyclic) bond motifs is 3. The lowest BCUT2D eigenvalue weighted by atomic mass is 9.79. The molecule has 1 heterocycles. The van der Waals surface area contributed by atoms with Crippen molar-refractivity contribution in [3.8, 4) is 27.9 Å². The second-order valence-electron chi connectivity index (χ2n) is 21.5. The van der Waals surface area contributed by atoms with Gasteiger partial charge in [0.05, 0.1) is 22.4 Å². The molecule has 0 N–H and O–H groups in total. The van der Waals surface area contributed by atoms with Gasteiger partial charge in [0.25, 0.3) is 0 Å². The second-order valence-corrected chi connectivity index (χ2v) is 21.5. The zero-order valence-corrected chi connectivity index (χ0v) is 39.8. The van der Waals surface area contributed by atoms with E-state index in [-0.39, 0.29) is 16.2 Å². The summed E-state index contributed by atoms with van der Waals surface area (Å²) >= 11 is 0. The SMILES string of the molecule is CC(C)(C)c1cc(-c2ccc(-c3cc(C(C)(C)C)cc(C(C)(C)C)c3)cc2)cc(N(c2ccccc2)c2ccc3ccc4c(-n5c6ccccc6c6ccccc65)ccc5ccc2c3c54)c1. The average Bonchev–Trinajstić information content (AvgIpc) is 3.64. The summed E-state index contributed by atoms with van der Waals surface area (Å²) in [5.41, 5.74) is 16.0. The highest BCUT2D eigenvalue weighted by Gasteiger charge is 2.25. The van der Waals surface area contributed by atoms with Gasteiger partial charge in [-0.1, -0.05) is 202 Å². The van der Waals surface area contributed by atoms with E-state index >= 15 is 0 Å². The molecule has 66 heavy (non-hydrogen) atoms. The Morgan fingerprint density at radius 2 is 0.788 bits per heavy atom. The molecule has 0 aliphatic rings. The first-order valence-corrected chi connectivity index (χ1v) is 23.6. The van der Waals surface area contributed by atoms with Crippen molar-refractivity contribution in [3.05, 3.63) is 205 Å². The summed E-state index contributed by atoms with van der Waals surface area (Å²) < 4.78 is 2.46. The fourth-order valence-corrected chi connectivity index (χ4v) is 10.2. The molecule has 0 spiro atoms. The van der Waals surface area contributed by atoms with Crippen molar-refractivity contribution in [2.75, 3.05) is 4.90 Å². The van der Waals surface area contributed by atoms with Crippen LogP contribution in [0.15, 0.2) is 188 Å². The highest BCUT2D eigenvalue weighted by molar-refractivity contribution is 6.27.